The topological polar surface area (TPSA) is 63.1 Å². The van der Waals surface area contributed by atoms with Crippen LogP contribution in [0.5, 0.6) is 0 Å². The van der Waals surface area contributed by atoms with E-state index in [9.17, 15) is 0 Å². The van der Waals surface area contributed by atoms with Crippen molar-refractivity contribution in [3.63, 3.8) is 0 Å². The second kappa shape index (κ2) is 13.7. The zero-order valence-electron chi connectivity index (χ0n) is 28.3. The molecule has 0 amide bonds. The summed E-state index contributed by atoms with van der Waals surface area (Å²) in [6, 6.07) is 57.1. The first-order chi connectivity index (χ1) is 25.7. The van der Waals surface area contributed by atoms with Gasteiger partial charge in [0.15, 0.2) is 0 Å². The van der Waals surface area contributed by atoms with Crippen LogP contribution in [0.15, 0.2) is 194 Å². The largest absolute Gasteiger partial charge is 0.359 e. The molecule has 0 bridgehead atoms. The van der Waals surface area contributed by atoms with Crippen molar-refractivity contribution in [2.75, 3.05) is 0 Å². The van der Waals surface area contributed by atoms with Gasteiger partial charge in [-0.1, -0.05) is 103 Å². The highest BCUT2D eigenvalue weighted by molar-refractivity contribution is 6.04. The molecule has 5 nitrogen and oxygen atoms in total. The Bertz CT molecular complexity index is 2400. The fraction of sp³-hybridized carbons (Fsp3) is 0.0213. The average molecular weight is 668 g/mol. The Morgan fingerprint density at radius 3 is 1.71 bits per heavy atom. The summed E-state index contributed by atoms with van der Waals surface area (Å²) < 4.78 is 0. The zero-order chi connectivity index (χ0) is 34.7. The molecule has 3 aromatic heterocycles. The molecular formula is C47H33N5. The number of aromatic nitrogens is 3. The Morgan fingerprint density at radius 2 is 1.00 bits per heavy atom. The smallest absolute Gasteiger partial charge is 0.134 e. The highest BCUT2D eigenvalue weighted by Gasteiger charge is 2.25. The van der Waals surface area contributed by atoms with Crippen molar-refractivity contribution in [2.45, 2.75) is 6.04 Å². The van der Waals surface area contributed by atoms with Crippen LogP contribution in [0.4, 0.5) is 5.69 Å². The molecule has 0 saturated heterocycles. The number of aliphatic imine (C=N–C) groups is 1. The van der Waals surface area contributed by atoms with Gasteiger partial charge in [-0.05, 0) is 105 Å². The van der Waals surface area contributed by atoms with Gasteiger partial charge in [0.1, 0.15) is 5.84 Å². The summed E-state index contributed by atoms with van der Waals surface area (Å²) in [6.07, 6.45) is 7.38. The van der Waals surface area contributed by atoms with Crippen molar-refractivity contribution in [2.24, 2.45) is 4.99 Å². The molecule has 4 heterocycles. The number of fused-ring (bicyclic) bond motifs is 1. The summed E-state index contributed by atoms with van der Waals surface area (Å²) in [4.78, 5) is 18.8. The van der Waals surface area contributed by atoms with Crippen molar-refractivity contribution in [3.05, 3.63) is 205 Å². The summed E-state index contributed by atoms with van der Waals surface area (Å²) >= 11 is 0. The first kappa shape index (κ1) is 31.0. The van der Waals surface area contributed by atoms with E-state index in [2.05, 4.69) is 143 Å². The Kier molecular flexibility index (Phi) is 8.20. The van der Waals surface area contributed by atoms with Crippen molar-refractivity contribution >= 4 is 11.5 Å². The highest BCUT2D eigenvalue weighted by Crippen LogP contribution is 2.39. The average Bonchev–Trinajstić information content (AvgIpc) is 3.24. The maximum Gasteiger partial charge on any atom is 0.134 e. The predicted octanol–water partition coefficient (Wildman–Crippen LogP) is 11.0. The lowest BCUT2D eigenvalue weighted by molar-refractivity contribution is 0.750. The Morgan fingerprint density at radius 1 is 0.404 bits per heavy atom. The molecule has 0 fully saturated rings. The number of nitrogens with zero attached hydrogens (tertiary/aromatic N) is 4. The molecule has 8 aromatic rings. The number of amidine groups is 1. The van der Waals surface area contributed by atoms with Crippen molar-refractivity contribution < 1.29 is 0 Å². The third-order valence-electron chi connectivity index (χ3n) is 9.55. The number of benzene rings is 5. The van der Waals surface area contributed by atoms with Crippen molar-refractivity contribution in [1.29, 1.82) is 0 Å². The van der Waals surface area contributed by atoms with E-state index >= 15 is 0 Å². The van der Waals surface area contributed by atoms with Crippen molar-refractivity contribution in [3.8, 4) is 55.9 Å². The second-order valence-corrected chi connectivity index (χ2v) is 12.8. The summed E-state index contributed by atoms with van der Waals surface area (Å²) in [7, 11) is 0. The van der Waals surface area contributed by atoms with Gasteiger partial charge in [-0.3, -0.25) is 15.0 Å². The molecular weight excluding hydrogens is 635 g/mol. The van der Waals surface area contributed by atoms with Crippen LogP contribution in [-0.4, -0.2) is 20.8 Å². The van der Waals surface area contributed by atoms with Crippen LogP contribution in [-0.2, 0) is 0 Å². The molecule has 1 unspecified atom stereocenters. The predicted molar refractivity (Wildman–Crippen MR) is 211 cm³/mol. The normalized spacial score (nSPS) is 13.5. The quantitative estimate of drug-likeness (QED) is 0.184. The Labute approximate surface area is 303 Å². The molecule has 1 atom stereocenters. The Balaban J connectivity index is 1.16. The lowest BCUT2D eigenvalue weighted by Crippen LogP contribution is -2.32. The SMILES string of the molecule is c1ccc(-c2ccc3c(c2)C(c2ccccc2)NC(c2cc(-c4ccc(-c5ccncc5)cc4)cc(-c4ccc(-c5ccccn5)nc4)c2)=N3)cc1. The molecule has 52 heavy (non-hydrogen) atoms. The molecule has 5 aromatic carbocycles. The van der Waals surface area contributed by atoms with Gasteiger partial charge in [0, 0.05) is 41.5 Å². The molecule has 0 spiro atoms. The van der Waals surface area contributed by atoms with Gasteiger partial charge in [-0.15, -0.1) is 0 Å². The summed E-state index contributed by atoms with van der Waals surface area (Å²) in [5.41, 5.74) is 14.9. The van der Waals surface area contributed by atoms with Gasteiger partial charge in [-0.25, -0.2) is 4.99 Å². The molecule has 1 N–H and O–H groups in total. The third kappa shape index (κ3) is 6.28. The van der Waals surface area contributed by atoms with E-state index in [0.717, 1.165) is 67.4 Å². The molecule has 0 radical (unpaired) electrons. The monoisotopic (exact) mass is 667 g/mol. The third-order valence-corrected chi connectivity index (χ3v) is 9.55. The van der Waals surface area contributed by atoms with E-state index in [1.54, 1.807) is 6.20 Å². The van der Waals surface area contributed by atoms with Gasteiger partial charge in [0.2, 0.25) is 0 Å². The lowest BCUT2D eigenvalue weighted by Gasteiger charge is -2.29. The zero-order valence-corrected chi connectivity index (χ0v) is 28.3. The number of hydrogen-bond acceptors (Lipinski definition) is 5. The Hall–Kier alpha value is -6.98. The van der Waals surface area contributed by atoms with Gasteiger partial charge in [0.05, 0.1) is 23.1 Å². The fourth-order valence-electron chi connectivity index (χ4n) is 6.85. The molecule has 9 rings (SSSR count). The second-order valence-electron chi connectivity index (χ2n) is 12.8. The minimum absolute atomic E-state index is 0.0848. The molecule has 246 valence electrons. The minimum Gasteiger partial charge on any atom is -0.359 e. The van der Waals surface area contributed by atoms with E-state index in [1.807, 2.05) is 55.0 Å². The van der Waals surface area contributed by atoms with Gasteiger partial charge in [0.25, 0.3) is 0 Å². The van der Waals surface area contributed by atoms with Crippen LogP contribution in [0, 0.1) is 0 Å². The van der Waals surface area contributed by atoms with Crippen LogP contribution >= 0.6 is 0 Å². The minimum atomic E-state index is -0.0848. The van der Waals surface area contributed by atoms with Gasteiger partial charge >= 0.3 is 0 Å². The fourth-order valence-corrected chi connectivity index (χ4v) is 6.85. The van der Waals surface area contributed by atoms with E-state index in [1.165, 1.54) is 16.7 Å². The molecule has 5 heteroatoms. The maximum atomic E-state index is 5.28. The summed E-state index contributed by atoms with van der Waals surface area (Å²) in [5.74, 6) is 0.823. The summed E-state index contributed by atoms with van der Waals surface area (Å²) in [5, 5.41) is 3.86. The number of rotatable bonds is 7. The van der Waals surface area contributed by atoms with E-state index < -0.39 is 0 Å². The van der Waals surface area contributed by atoms with Crippen molar-refractivity contribution in [1.82, 2.24) is 20.3 Å². The highest BCUT2D eigenvalue weighted by atomic mass is 15.1. The van der Waals surface area contributed by atoms with Crippen LogP contribution in [0.3, 0.4) is 0 Å². The van der Waals surface area contributed by atoms with Gasteiger partial charge in [-0.2, -0.15) is 0 Å². The van der Waals surface area contributed by atoms with Gasteiger partial charge < -0.3 is 5.32 Å². The molecule has 0 aliphatic carbocycles. The molecule has 1 aliphatic heterocycles. The number of pyridine rings is 3. The first-order valence-corrected chi connectivity index (χ1v) is 17.4. The lowest BCUT2D eigenvalue weighted by atomic mass is 9.91. The van der Waals surface area contributed by atoms with Crippen LogP contribution in [0.2, 0.25) is 0 Å². The van der Waals surface area contributed by atoms with Crippen LogP contribution < -0.4 is 5.32 Å². The van der Waals surface area contributed by atoms with E-state index in [0.29, 0.717) is 0 Å². The number of nitrogens with one attached hydrogen (secondary N) is 1. The van der Waals surface area contributed by atoms with Crippen LogP contribution in [0.25, 0.3) is 55.9 Å². The first-order valence-electron chi connectivity index (χ1n) is 17.4. The maximum absolute atomic E-state index is 5.28. The van der Waals surface area contributed by atoms with Crippen LogP contribution in [0.1, 0.15) is 22.7 Å². The standard InChI is InChI=1S/C47H33N5/c1-3-9-32(10-4-1)37-18-20-43-42(30-37)46(36-11-5-2-6-12-36)52-47(51-43)41-28-39(34-16-14-33(15-17-34)35-22-25-48-26-23-35)27-40(29-41)38-19-21-45(50-31-38)44-13-7-8-24-49-44/h1-31,46H,(H,51,52). The molecule has 0 saturated carbocycles. The van der Waals surface area contributed by atoms with E-state index in [-0.39, 0.29) is 6.04 Å². The summed E-state index contributed by atoms with van der Waals surface area (Å²) in [6.45, 7) is 0. The molecule has 1 aliphatic rings. The number of hydrogen-bond donors (Lipinski definition) is 1. The van der Waals surface area contributed by atoms with E-state index in [4.69, 9.17) is 9.98 Å².